The van der Waals surface area contributed by atoms with Gasteiger partial charge in [0.25, 0.3) is 0 Å². The lowest BCUT2D eigenvalue weighted by Gasteiger charge is -2.13. The minimum Gasteiger partial charge on any atom is -0.495 e. The Morgan fingerprint density at radius 1 is 1.17 bits per heavy atom. The quantitative estimate of drug-likeness (QED) is 0.813. The summed E-state index contributed by atoms with van der Waals surface area (Å²) < 4.78 is 10.4. The second kappa shape index (κ2) is 8.36. The van der Waals surface area contributed by atoms with E-state index in [2.05, 4.69) is 15.6 Å². The maximum absolute atomic E-state index is 12.0. The molecule has 0 bridgehead atoms. The third kappa shape index (κ3) is 4.84. The Kier molecular flexibility index (Phi) is 6.19. The van der Waals surface area contributed by atoms with E-state index in [9.17, 15) is 4.79 Å². The Morgan fingerprint density at radius 2 is 1.87 bits per heavy atom. The minimum absolute atomic E-state index is 0.163. The van der Waals surface area contributed by atoms with Crippen molar-refractivity contribution in [3.05, 3.63) is 47.2 Å². The van der Waals surface area contributed by atoms with Crippen LogP contribution in [-0.4, -0.2) is 31.7 Å². The van der Waals surface area contributed by atoms with E-state index in [4.69, 9.17) is 21.1 Å². The van der Waals surface area contributed by atoms with Crippen LogP contribution in [0, 0.1) is 0 Å². The zero-order chi connectivity index (χ0) is 16.7. The van der Waals surface area contributed by atoms with Crippen molar-refractivity contribution in [1.82, 2.24) is 10.3 Å². The van der Waals surface area contributed by atoms with Crippen molar-refractivity contribution in [3.63, 3.8) is 0 Å². The van der Waals surface area contributed by atoms with Crippen molar-refractivity contribution in [2.75, 3.05) is 26.1 Å². The first kappa shape index (κ1) is 17.1. The normalized spacial score (nSPS) is 10.2. The van der Waals surface area contributed by atoms with Gasteiger partial charge >= 0.3 is 0 Å². The first-order valence-electron chi connectivity index (χ1n) is 6.95. The fourth-order valence-electron chi connectivity index (χ4n) is 1.97. The Hall–Kier alpha value is -2.31. The molecule has 1 heterocycles. The molecule has 0 aliphatic rings. The number of hydrogen-bond acceptors (Lipinski definition) is 5. The summed E-state index contributed by atoms with van der Waals surface area (Å²) in [4.78, 5) is 16.0. The first-order valence-corrected chi connectivity index (χ1v) is 7.33. The first-order chi connectivity index (χ1) is 11.1. The molecule has 1 aromatic carbocycles. The molecule has 0 unspecified atom stereocenters. The minimum atomic E-state index is -0.193. The molecular weight excluding hydrogens is 318 g/mol. The third-order valence-corrected chi connectivity index (χ3v) is 3.41. The van der Waals surface area contributed by atoms with E-state index in [0.717, 1.165) is 5.56 Å². The standard InChI is InChI=1S/C16H18ClN3O3/c1-22-14-8-13(15(23-2)7-12(14)17)20-16(21)10-19-9-11-3-5-18-6-4-11/h3-8,19H,9-10H2,1-2H3,(H,20,21). The highest BCUT2D eigenvalue weighted by Crippen LogP contribution is 2.35. The van der Waals surface area contributed by atoms with Gasteiger partial charge in [-0.2, -0.15) is 0 Å². The molecule has 23 heavy (non-hydrogen) atoms. The number of benzene rings is 1. The number of hydrogen-bond donors (Lipinski definition) is 2. The summed E-state index contributed by atoms with van der Waals surface area (Å²) in [7, 11) is 3.02. The van der Waals surface area contributed by atoms with Gasteiger partial charge in [-0.25, -0.2) is 0 Å². The van der Waals surface area contributed by atoms with E-state index in [1.165, 1.54) is 14.2 Å². The fraction of sp³-hybridized carbons (Fsp3) is 0.250. The number of anilines is 1. The molecule has 0 atom stereocenters. The van der Waals surface area contributed by atoms with Crippen LogP contribution >= 0.6 is 11.6 Å². The van der Waals surface area contributed by atoms with Crippen molar-refractivity contribution in [2.45, 2.75) is 6.54 Å². The lowest BCUT2D eigenvalue weighted by molar-refractivity contribution is -0.115. The summed E-state index contributed by atoms with van der Waals surface area (Å²) in [5, 5.41) is 6.25. The average Bonchev–Trinajstić information content (AvgIpc) is 2.57. The molecule has 0 aliphatic heterocycles. The average molecular weight is 336 g/mol. The number of methoxy groups -OCH3 is 2. The second-order valence-electron chi connectivity index (χ2n) is 4.69. The number of carbonyl (C=O) groups is 1. The molecule has 122 valence electrons. The van der Waals surface area contributed by atoms with Gasteiger partial charge in [0.1, 0.15) is 11.5 Å². The number of amides is 1. The van der Waals surface area contributed by atoms with Crippen molar-refractivity contribution < 1.29 is 14.3 Å². The van der Waals surface area contributed by atoms with E-state index in [0.29, 0.717) is 28.8 Å². The summed E-state index contributed by atoms with van der Waals surface area (Å²) in [6, 6.07) is 7.00. The number of rotatable bonds is 7. The van der Waals surface area contributed by atoms with E-state index >= 15 is 0 Å². The van der Waals surface area contributed by atoms with Crippen LogP contribution in [0.15, 0.2) is 36.7 Å². The number of nitrogens with one attached hydrogen (secondary N) is 2. The van der Waals surface area contributed by atoms with Crippen LogP contribution in [0.1, 0.15) is 5.56 Å². The van der Waals surface area contributed by atoms with E-state index in [-0.39, 0.29) is 12.5 Å². The van der Waals surface area contributed by atoms with Gasteiger partial charge in [0.05, 0.1) is 31.5 Å². The maximum atomic E-state index is 12.0. The van der Waals surface area contributed by atoms with Crippen LogP contribution in [0.4, 0.5) is 5.69 Å². The van der Waals surface area contributed by atoms with Gasteiger partial charge < -0.3 is 20.1 Å². The lowest BCUT2D eigenvalue weighted by Crippen LogP contribution is -2.27. The van der Waals surface area contributed by atoms with Crippen LogP contribution in [0.5, 0.6) is 11.5 Å². The second-order valence-corrected chi connectivity index (χ2v) is 5.10. The van der Waals surface area contributed by atoms with Crippen molar-refractivity contribution in [1.29, 1.82) is 0 Å². The largest absolute Gasteiger partial charge is 0.495 e. The van der Waals surface area contributed by atoms with E-state index < -0.39 is 0 Å². The monoisotopic (exact) mass is 335 g/mol. The molecule has 0 saturated heterocycles. The maximum Gasteiger partial charge on any atom is 0.238 e. The van der Waals surface area contributed by atoms with Crippen LogP contribution < -0.4 is 20.1 Å². The Morgan fingerprint density at radius 3 is 2.52 bits per heavy atom. The molecule has 6 nitrogen and oxygen atoms in total. The van der Waals surface area contributed by atoms with Gasteiger partial charge in [0.15, 0.2) is 0 Å². The van der Waals surface area contributed by atoms with Crippen molar-refractivity contribution in [2.24, 2.45) is 0 Å². The van der Waals surface area contributed by atoms with Crippen molar-refractivity contribution >= 4 is 23.2 Å². The summed E-state index contributed by atoms with van der Waals surface area (Å²) in [6.45, 7) is 0.743. The SMILES string of the molecule is COc1cc(NC(=O)CNCc2ccncc2)c(OC)cc1Cl. The molecule has 2 aromatic rings. The molecule has 1 aromatic heterocycles. The number of nitrogens with zero attached hydrogens (tertiary/aromatic N) is 1. The molecular formula is C16H18ClN3O3. The Bertz CT molecular complexity index is 665. The molecule has 2 rings (SSSR count). The number of carbonyl (C=O) groups excluding carboxylic acids is 1. The van der Waals surface area contributed by atoms with Crippen molar-refractivity contribution in [3.8, 4) is 11.5 Å². The third-order valence-electron chi connectivity index (χ3n) is 3.11. The molecule has 0 saturated carbocycles. The Labute approximate surface area is 139 Å². The highest BCUT2D eigenvalue weighted by molar-refractivity contribution is 6.32. The summed E-state index contributed by atoms with van der Waals surface area (Å²) in [5.74, 6) is 0.743. The van der Waals surface area contributed by atoms with E-state index in [1.807, 2.05) is 12.1 Å². The number of ether oxygens (including phenoxy) is 2. The zero-order valence-electron chi connectivity index (χ0n) is 12.9. The topological polar surface area (TPSA) is 72.5 Å². The summed E-state index contributed by atoms with van der Waals surface area (Å²) in [6.07, 6.45) is 3.42. The molecule has 0 spiro atoms. The van der Waals surface area contributed by atoms with Gasteiger partial charge in [-0.3, -0.25) is 9.78 Å². The summed E-state index contributed by atoms with van der Waals surface area (Å²) >= 11 is 6.03. The number of halogens is 1. The van der Waals surface area contributed by atoms with Crippen LogP contribution in [-0.2, 0) is 11.3 Å². The molecule has 0 fully saturated rings. The highest BCUT2D eigenvalue weighted by Gasteiger charge is 2.12. The number of aromatic nitrogens is 1. The Balaban J connectivity index is 1.94. The lowest BCUT2D eigenvalue weighted by atomic mass is 10.2. The van der Waals surface area contributed by atoms with Crippen LogP contribution in [0.25, 0.3) is 0 Å². The molecule has 1 amide bonds. The molecule has 0 aliphatic carbocycles. The smallest absolute Gasteiger partial charge is 0.238 e. The highest BCUT2D eigenvalue weighted by atomic mass is 35.5. The predicted molar refractivity (Wildman–Crippen MR) is 89.1 cm³/mol. The van der Waals surface area contributed by atoms with Gasteiger partial charge in [0.2, 0.25) is 5.91 Å². The van der Waals surface area contributed by atoms with Gasteiger partial charge in [-0.15, -0.1) is 0 Å². The van der Waals surface area contributed by atoms with Gasteiger partial charge in [-0.1, -0.05) is 11.6 Å². The van der Waals surface area contributed by atoms with Crippen LogP contribution in [0.3, 0.4) is 0 Å². The summed E-state index contributed by atoms with van der Waals surface area (Å²) in [5.41, 5.74) is 1.56. The molecule has 7 heteroatoms. The van der Waals surface area contributed by atoms with Gasteiger partial charge in [0, 0.05) is 31.1 Å². The molecule has 2 N–H and O–H groups in total. The van der Waals surface area contributed by atoms with E-state index in [1.54, 1.807) is 24.5 Å². The van der Waals surface area contributed by atoms with Gasteiger partial charge in [-0.05, 0) is 17.7 Å². The molecule has 0 radical (unpaired) electrons. The van der Waals surface area contributed by atoms with Crippen LogP contribution in [0.2, 0.25) is 5.02 Å². The predicted octanol–water partition coefficient (Wildman–Crippen LogP) is 2.48. The zero-order valence-corrected chi connectivity index (χ0v) is 13.7. The number of pyridine rings is 1. The fourth-order valence-corrected chi connectivity index (χ4v) is 2.20.